The molecule has 2 fully saturated rings. The van der Waals surface area contributed by atoms with Crippen LogP contribution in [0.5, 0.6) is 0 Å². The first-order valence-corrected chi connectivity index (χ1v) is 14.0. The summed E-state index contributed by atoms with van der Waals surface area (Å²) in [5.41, 5.74) is 1.81. The third kappa shape index (κ3) is 5.83. The molecular weight excluding hydrogens is 570 g/mol. The number of pyridine rings is 1. The van der Waals surface area contributed by atoms with Crippen molar-refractivity contribution < 1.29 is 14.4 Å². The fraction of sp³-hybridized carbons (Fsp3) is 0.393. The fourth-order valence-electron chi connectivity index (χ4n) is 5.58. The molecule has 2 aliphatic carbocycles. The van der Waals surface area contributed by atoms with E-state index in [0.717, 1.165) is 44.1 Å². The number of aromatic amines is 1. The third-order valence-electron chi connectivity index (χ3n) is 7.93. The Morgan fingerprint density at radius 1 is 1.08 bits per heavy atom. The maximum atomic E-state index is 12.8. The normalized spacial score (nSPS) is 22.2. The Hall–Kier alpha value is -3.04. The topological polar surface area (TPSA) is 117 Å². The summed E-state index contributed by atoms with van der Waals surface area (Å²) in [5.74, 6) is 0.597. The lowest BCUT2D eigenvalue weighted by Crippen LogP contribution is -2.28. The molecule has 2 aliphatic rings. The number of carbonyl (C=O) groups is 3. The number of hydrogen-bond acceptors (Lipinski definition) is 5. The van der Waals surface area contributed by atoms with Gasteiger partial charge in [-0.3, -0.25) is 24.5 Å². The average molecular weight is 599 g/mol. The van der Waals surface area contributed by atoms with Crippen LogP contribution in [0.2, 0.25) is 5.02 Å². The Kier molecular flexibility index (Phi) is 7.95. The second-order valence-corrected chi connectivity index (χ2v) is 11.5. The van der Waals surface area contributed by atoms with Crippen molar-refractivity contribution in [1.82, 2.24) is 20.5 Å². The summed E-state index contributed by atoms with van der Waals surface area (Å²) in [6.45, 7) is 0.549. The van der Waals surface area contributed by atoms with E-state index in [9.17, 15) is 14.4 Å². The third-order valence-corrected chi connectivity index (χ3v) is 9.03. The molecule has 5 rings (SSSR count). The van der Waals surface area contributed by atoms with Crippen LogP contribution in [0.1, 0.15) is 64.9 Å². The van der Waals surface area contributed by atoms with Gasteiger partial charge in [-0.25, -0.2) is 0 Å². The summed E-state index contributed by atoms with van der Waals surface area (Å²) in [4.78, 5) is 42.0. The molecule has 0 bridgehead atoms. The summed E-state index contributed by atoms with van der Waals surface area (Å²) in [7, 11) is 0. The maximum Gasteiger partial charge on any atom is 0.270 e. The van der Waals surface area contributed by atoms with Gasteiger partial charge in [-0.15, -0.1) is 0 Å². The second kappa shape index (κ2) is 11.4. The number of hydrogen-bond donors (Lipinski definition) is 3. The van der Waals surface area contributed by atoms with Crippen LogP contribution in [0.4, 0.5) is 5.82 Å². The summed E-state index contributed by atoms with van der Waals surface area (Å²) >= 11 is 9.45. The average Bonchev–Trinajstić information content (AvgIpc) is 3.51. The van der Waals surface area contributed by atoms with E-state index in [4.69, 9.17) is 11.6 Å². The number of benzene rings is 1. The van der Waals surface area contributed by atoms with Gasteiger partial charge in [-0.2, -0.15) is 5.10 Å². The van der Waals surface area contributed by atoms with Gasteiger partial charge in [0.1, 0.15) is 11.5 Å². The Morgan fingerprint density at radius 3 is 2.55 bits per heavy atom. The highest BCUT2D eigenvalue weighted by Gasteiger charge is 2.57. The fourth-order valence-corrected chi connectivity index (χ4v) is 6.26. The van der Waals surface area contributed by atoms with Gasteiger partial charge in [-0.05, 0) is 95.6 Å². The SMILES string of the molecule is O=C(Nc1n[nH]c(C(=O)NCCC2CCC3(CC2)CC3C(=O)Cc2ccncc2)c1Br)c1ccccc1Cl. The van der Waals surface area contributed by atoms with Crippen LogP contribution in [0.15, 0.2) is 53.3 Å². The smallest absolute Gasteiger partial charge is 0.270 e. The molecular formula is C28H29BrClN5O3. The first-order chi connectivity index (χ1) is 18.4. The van der Waals surface area contributed by atoms with E-state index in [0.29, 0.717) is 39.7 Å². The lowest BCUT2D eigenvalue weighted by atomic mass is 9.76. The van der Waals surface area contributed by atoms with E-state index in [-0.39, 0.29) is 28.8 Å². The zero-order chi connectivity index (χ0) is 26.7. The summed E-state index contributed by atoms with van der Waals surface area (Å²) in [6, 6.07) is 10.5. The minimum Gasteiger partial charge on any atom is -0.351 e. The van der Waals surface area contributed by atoms with Crippen LogP contribution in [-0.4, -0.2) is 39.3 Å². The van der Waals surface area contributed by atoms with Gasteiger partial charge in [0.25, 0.3) is 11.8 Å². The van der Waals surface area contributed by atoms with Crippen molar-refractivity contribution in [2.75, 3.05) is 11.9 Å². The second-order valence-electron chi connectivity index (χ2n) is 10.3. The van der Waals surface area contributed by atoms with Crippen molar-refractivity contribution in [3.05, 3.63) is 75.1 Å². The van der Waals surface area contributed by atoms with E-state index >= 15 is 0 Å². The molecule has 38 heavy (non-hydrogen) atoms. The molecule has 2 aromatic heterocycles. The van der Waals surface area contributed by atoms with Crippen LogP contribution in [-0.2, 0) is 11.2 Å². The van der Waals surface area contributed by atoms with Gasteiger partial charge in [0, 0.05) is 31.3 Å². The molecule has 0 aliphatic heterocycles. The molecule has 8 nitrogen and oxygen atoms in total. The largest absolute Gasteiger partial charge is 0.351 e. The van der Waals surface area contributed by atoms with Gasteiger partial charge < -0.3 is 10.6 Å². The van der Waals surface area contributed by atoms with E-state index in [1.54, 1.807) is 36.7 Å². The zero-order valence-electron chi connectivity index (χ0n) is 20.8. The molecule has 0 saturated heterocycles. The van der Waals surface area contributed by atoms with E-state index in [1.807, 2.05) is 12.1 Å². The summed E-state index contributed by atoms with van der Waals surface area (Å²) < 4.78 is 0.381. The van der Waals surface area contributed by atoms with E-state index in [1.165, 1.54) is 0 Å². The maximum absolute atomic E-state index is 12.8. The van der Waals surface area contributed by atoms with Gasteiger partial charge in [0.15, 0.2) is 5.82 Å². The van der Waals surface area contributed by atoms with Crippen molar-refractivity contribution >= 4 is 50.9 Å². The van der Waals surface area contributed by atoms with Crippen LogP contribution < -0.4 is 10.6 Å². The monoisotopic (exact) mass is 597 g/mol. The van der Waals surface area contributed by atoms with Crippen molar-refractivity contribution in [3.8, 4) is 0 Å². The van der Waals surface area contributed by atoms with Crippen LogP contribution in [0, 0.1) is 17.3 Å². The number of Topliss-reactive ketones (excluding diaryl/α,β-unsaturated/α-hetero) is 1. The van der Waals surface area contributed by atoms with E-state index < -0.39 is 5.91 Å². The number of ketones is 1. The van der Waals surface area contributed by atoms with Gasteiger partial charge in [0.2, 0.25) is 0 Å². The highest BCUT2D eigenvalue weighted by molar-refractivity contribution is 9.10. The molecule has 2 heterocycles. The lowest BCUT2D eigenvalue weighted by Gasteiger charge is -2.29. The Morgan fingerprint density at radius 2 is 1.82 bits per heavy atom. The Labute approximate surface area is 234 Å². The molecule has 1 spiro atoms. The molecule has 3 N–H and O–H groups in total. The highest BCUT2D eigenvalue weighted by Crippen LogP contribution is 2.62. The van der Waals surface area contributed by atoms with Crippen molar-refractivity contribution in [2.45, 2.75) is 44.9 Å². The number of halogens is 2. The van der Waals surface area contributed by atoms with Crippen molar-refractivity contribution in [3.63, 3.8) is 0 Å². The predicted octanol–water partition coefficient (Wildman–Crippen LogP) is 5.60. The van der Waals surface area contributed by atoms with Crippen molar-refractivity contribution in [1.29, 1.82) is 0 Å². The zero-order valence-corrected chi connectivity index (χ0v) is 23.1. The Balaban J connectivity index is 1.05. The van der Waals surface area contributed by atoms with Gasteiger partial charge in [0.05, 0.1) is 15.1 Å². The molecule has 2 saturated carbocycles. The van der Waals surface area contributed by atoms with Crippen LogP contribution in [0.3, 0.4) is 0 Å². The quantitative estimate of drug-likeness (QED) is 0.296. The Bertz CT molecular complexity index is 1340. The lowest BCUT2D eigenvalue weighted by molar-refractivity contribution is -0.120. The van der Waals surface area contributed by atoms with Gasteiger partial charge in [-0.1, -0.05) is 23.7 Å². The molecule has 10 heteroatoms. The number of aromatic nitrogens is 3. The number of rotatable bonds is 9. The molecule has 2 amide bonds. The van der Waals surface area contributed by atoms with Crippen LogP contribution in [0.25, 0.3) is 0 Å². The molecule has 0 radical (unpaired) electrons. The number of carbonyl (C=O) groups excluding carboxylic acids is 3. The summed E-state index contributed by atoms with van der Waals surface area (Å²) in [6.07, 6.45) is 10.2. The standard InChI is InChI=1S/C28H29BrClN5O3/c29-23-24(34-35-25(23)33-26(37)19-3-1-2-4-21(19)30)27(38)32-14-9-17-5-10-28(11-6-17)16-20(28)22(36)15-18-7-12-31-13-8-18/h1-4,7-8,12-13,17,20H,5-6,9-11,14-16H2,(H,32,38)(H2,33,34,35,37). The number of nitrogens with one attached hydrogen (secondary N) is 3. The number of anilines is 1. The highest BCUT2D eigenvalue weighted by atomic mass is 79.9. The number of H-pyrrole nitrogens is 1. The van der Waals surface area contributed by atoms with Crippen LogP contribution >= 0.6 is 27.5 Å². The molecule has 1 aromatic carbocycles. The van der Waals surface area contributed by atoms with Gasteiger partial charge >= 0.3 is 0 Å². The number of amides is 2. The minimum absolute atomic E-state index is 0.196. The number of nitrogens with zero attached hydrogens (tertiary/aromatic N) is 2. The van der Waals surface area contributed by atoms with E-state index in [2.05, 4.69) is 41.7 Å². The summed E-state index contributed by atoms with van der Waals surface area (Å²) in [5, 5.41) is 12.7. The predicted molar refractivity (Wildman–Crippen MR) is 148 cm³/mol. The molecule has 1 atom stereocenters. The molecule has 198 valence electrons. The van der Waals surface area contributed by atoms with Crippen molar-refractivity contribution in [2.24, 2.45) is 17.3 Å². The molecule has 1 unspecified atom stereocenters. The first-order valence-electron chi connectivity index (χ1n) is 12.9. The minimum atomic E-state index is -0.415. The molecule has 3 aromatic rings. The first kappa shape index (κ1) is 26.6.